The van der Waals surface area contributed by atoms with Gasteiger partial charge in [0.05, 0.1) is 14.2 Å². The summed E-state index contributed by atoms with van der Waals surface area (Å²) in [6.45, 7) is 2.65. The standard InChI is InChI=1S/C28H33N5O4/c1-36-26-10-9-23(27(31-26)37-2)28(35)32-16-6-17-33(20-21-11-13-29-14-12-21)24(19-25(34)30-15-18-32)22-7-4-3-5-8-22/h3-5,7-14,24H,6,15-20H2,1-2H3,(H,30,34). The molecule has 1 aliphatic heterocycles. The molecule has 1 N–H and O–H groups in total. The maximum Gasteiger partial charge on any atom is 0.259 e. The number of carbonyl (C=O) groups is 2. The average Bonchev–Trinajstić information content (AvgIpc) is 2.98. The van der Waals surface area contributed by atoms with Gasteiger partial charge in [0, 0.05) is 63.6 Å². The Morgan fingerprint density at radius 2 is 1.78 bits per heavy atom. The molecule has 2 aromatic heterocycles. The summed E-state index contributed by atoms with van der Waals surface area (Å²) in [5, 5.41) is 3.01. The van der Waals surface area contributed by atoms with Crippen LogP contribution < -0.4 is 14.8 Å². The summed E-state index contributed by atoms with van der Waals surface area (Å²) in [6, 6.07) is 17.3. The minimum Gasteiger partial charge on any atom is -0.481 e. The molecule has 3 aromatic rings. The number of nitrogens with zero attached hydrogens (tertiary/aromatic N) is 4. The van der Waals surface area contributed by atoms with E-state index < -0.39 is 0 Å². The smallest absolute Gasteiger partial charge is 0.259 e. The topological polar surface area (TPSA) is 96.9 Å². The number of ether oxygens (including phenoxy) is 2. The first-order valence-electron chi connectivity index (χ1n) is 12.4. The van der Waals surface area contributed by atoms with E-state index in [0.29, 0.717) is 50.6 Å². The highest BCUT2D eigenvalue weighted by Crippen LogP contribution is 2.27. The molecule has 1 aromatic carbocycles. The first-order valence-corrected chi connectivity index (χ1v) is 12.4. The Morgan fingerprint density at radius 1 is 1.00 bits per heavy atom. The predicted octanol–water partition coefficient (Wildman–Crippen LogP) is 3.09. The normalized spacial score (nSPS) is 17.4. The first kappa shape index (κ1) is 26.1. The average molecular weight is 504 g/mol. The van der Waals surface area contributed by atoms with Gasteiger partial charge in [-0.05, 0) is 35.7 Å². The quantitative estimate of drug-likeness (QED) is 0.552. The lowest BCUT2D eigenvalue weighted by molar-refractivity contribution is -0.122. The number of hydrogen-bond donors (Lipinski definition) is 1. The van der Waals surface area contributed by atoms with Crippen molar-refractivity contribution in [3.8, 4) is 11.8 Å². The minimum absolute atomic E-state index is 0.0495. The summed E-state index contributed by atoms with van der Waals surface area (Å²) in [6.07, 6.45) is 4.63. The Bertz CT molecular complexity index is 1180. The monoisotopic (exact) mass is 503 g/mol. The molecule has 1 saturated heterocycles. The van der Waals surface area contributed by atoms with Crippen LogP contribution in [0.5, 0.6) is 11.8 Å². The number of methoxy groups -OCH3 is 2. The summed E-state index contributed by atoms with van der Waals surface area (Å²) in [5.41, 5.74) is 2.57. The highest BCUT2D eigenvalue weighted by Gasteiger charge is 2.26. The van der Waals surface area contributed by atoms with Gasteiger partial charge in [-0.3, -0.25) is 19.5 Å². The van der Waals surface area contributed by atoms with Gasteiger partial charge >= 0.3 is 0 Å². The van der Waals surface area contributed by atoms with Crippen LogP contribution in [0, 0.1) is 0 Å². The van der Waals surface area contributed by atoms with Crippen LogP contribution in [0.4, 0.5) is 0 Å². The van der Waals surface area contributed by atoms with Gasteiger partial charge in [0.1, 0.15) is 5.56 Å². The van der Waals surface area contributed by atoms with E-state index in [1.165, 1.54) is 14.2 Å². The van der Waals surface area contributed by atoms with E-state index in [1.807, 2.05) is 30.3 Å². The van der Waals surface area contributed by atoms with Crippen molar-refractivity contribution < 1.29 is 19.1 Å². The van der Waals surface area contributed by atoms with Crippen LogP contribution in [0.25, 0.3) is 0 Å². The zero-order chi connectivity index (χ0) is 26.0. The van der Waals surface area contributed by atoms with Gasteiger partial charge in [-0.2, -0.15) is 4.98 Å². The van der Waals surface area contributed by atoms with Crippen LogP contribution in [-0.2, 0) is 11.3 Å². The summed E-state index contributed by atoms with van der Waals surface area (Å²) < 4.78 is 10.5. The molecule has 2 amide bonds. The number of nitrogens with one attached hydrogen (secondary N) is 1. The lowest BCUT2D eigenvalue weighted by Gasteiger charge is -2.32. The Labute approximate surface area is 217 Å². The molecule has 9 nitrogen and oxygen atoms in total. The SMILES string of the molecule is COc1ccc(C(=O)N2CCCN(Cc3ccncc3)C(c3ccccc3)CC(=O)NCC2)c(OC)n1. The van der Waals surface area contributed by atoms with Crippen LogP contribution >= 0.6 is 0 Å². The summed E-state index contributed by atoms with van der Waals surface area (Å²) in [5.74, 6) is 0.343. The second kappa shape index (κ2) is 12.8. The Kier molecular flexibility index (Phi) is 9.04. The molecule has 3 heterocycles. The Morgan fingerprint density at radius 3 is 2.51 bits per heavy atom. The molecule has 37 heavy (non-hydrogen) atoms. The number of pyridine rings is 2. The fraction of sp³-hybridized carbons (Fsp3) is 0.357. The molecule has 1 atom stereocenters. The second-order valence-electron chi connectivity index (χ2n) is 8.86. The van der Waals surface area contributed by atoms with E-state index in [-0.39, 0.29) is 23.7 Å². The lowest BCUT2D eigenvalue weighted by atomic mass is 10.00. The molecule has 194 valence electrons. The Hall–Kier alpha value is -3.98. The zero-order valence-electron chi connectivity index (χ0n) is 21.3. The predicted molar refractivity (Wildman–Crippen MR) is 139 cm³/mol. The fourth-order valence-corrected chi connectivity index (χ4v) is 4.58. The van der Waals surface area contributed by atoms with Crippen molar-refractivity contribution in [1.82, 2.24) is 25.1 Å². The van der Waals surface area contributed by atoms with Crippen molar-refractivity contribution in [3.05, 3.63) is 83.7 Å². The molecule has 0 saturated carbocycles. The second-order valence-corrected chi connectivity index (χ2v) is 8.86. The number of carbonyl (C=O) groups excluding carboxylic acids is 2. The van der Waals surface area contributed by atoms with Gasteiger partial charge in [0.2, 0.25) is 17.7 Å². The summed E-state index contributed by atoms with van der Waals surface area (Å²) >= 11 is 0. The molecule has 0 radical (unpaired) electrons. The molecule has 0 aliphatic carbocycles. The molecule has 1 aliphatic rings. The van der Waals surface area contributed by atoms with Crippen LogP contribution in [0.2, 0.25) is 0 Å². The van der Waals surface area contributed by atoms with Crippen molar-refractivity contribution in [2.75, 3.05) is 40.4 Å². The third-order valence-electron chi connectivity index (χ3n) is 6.47. The minimum atomic E-state index is -0.194. The van der Waals surface area contributed by atoms with Gasteiger partial charge in [0.15, 0.2) is 0 Å². The first-order chi connectivity index (χ1) is 18.1. The molecule has 9 heteroatoms. The lowest BCUT2D eigenvalue weighted by Crippen LogP contribution is -2.39. The summed E-state index contributed by atoms with van der Waals surface area (Å²) in [4.78, 5) is 39.0. The number of hydrogen-bond acceptors (Lipinski definition) is 7. The molecule has 0 spiro atoms. The van der Waals surface area contributed by atoms with E-state index in [4.69, 9.17) is 9.47 Å². The molecular weight excluding hydrogens is 470 g/mol. The van der Waals surface area contributed by atoms with Crippen molar-refractivity contribution in [2.24, 2.45) is 0 Å². The van der Waals surface area contributed by atoms with E-state index in [0.717, 1.165) is 17.5 Å². The maximum absolute atomic E-state index is 13.5. The van der Waals surface area contributed by atoms with Crippen molar-refractivity contribution in [3.63, 3.8) is 0 Å². The van der Waals surface area contributed by atoms with Crippen molar-refractivity contribution in [2.45, 2.75) is 25.4 Å². The van der Waals surface area contributed by atoms with Gasteiger partial charge in [-0.25, -0.2) is 0 Å². The number of aromatic nitrogens is 2. The molecule has 1 unspecified atom stereocenters. The fourth-order valence-electron chi connectivity index (χ4n) is 4.58. The van der Waals surface area contributed by atoms with E-state index >= 15 is 0 Å². The van der Waals surface area contributed by atoms with Crippen LogP contribution in [0.3, 0.4) is 0 Å². The molecule has 4 rings (SSSR count). The molecule has 0 bridgehead atoms. The number of benzene rings is 1. The molecular formula is C28H33N5O4. The van der Waals surface area contributed by atoms with E-state index in [1.54, 1.807) is 29.4 Å². The highest BCUT2D eigenvalue weighted by molar-refractivity contribution is 5.96. The van der Waals surface area contributed by atoms with Crippen LogP contribution in [0.1, 0.15) is 40.4 Å². The van der Waals surface area contributed by atoms with E-state index in [2.05, 4.69) is 32.3 Å². The van der Waals surface area contributed by atoms with Crippen LogP contribution in [-0.4, -0.2) is 72.0 Å². The zero-order valence-corrected chi connectivity index (χ0v) is 21.3. The van der Waals surface area contributed by atoms with Gasteiger partial charge < -0.3 is 19.7 Å². The Balaban J connectivity index is 1.58. The number of amides is 2. The third-order valence-corrected chi connectivity index (χ3v) is 6.47. The highest BCUT2D eigenvalue weighted by atomic mass is 16.5. The number of rotatable bonds is 6. The van der Waals surface area contributed by atoms with Crippen molar-refractivity contribution in [1.29, 1.82) is 0 Å². The summed E-state index contributed by atoms with van der Waals surface area (Å²) in [7, 11) is 2.99. The largest absolute Gasteiger partial charge is 0.481 e. The van der Waals surface area contributed by atoms with Crippen molar-refractivity contribution >= 4 is 11.8 Å². The van der Waals surface area contributed by atoms with Crippen LogP contribution in [0.15, 0.2) is 67.0 Å². The van der Waals surface area contributed by atoms with Gasteiger partial charge in [-0.15, -0.1) is 0 Å². The maximum atomic E-state index is 13.5. The third kappa shape index (κ3) is 6.83. The van der Waals surface area contributed by atoms with Gasteiger partial charge in [0.25, 0.3) is 5.91 Å². The van der Waals surface area contributed by atoms with Gasteiger partial charge in [-0.1, -0.05) is 30.3 Å². The molecule has 1 fully saturated rings. The van der Waals surface area contributed by atoms with E-state index in [9.17, 15) is 9.59 Å².